The molecule has 132 valence electrons. The third-order valence-corrected chi connectivity index (χ3v) is 4.74. The SMILES string of the molecule is O=C(O)c1coc(CN2Cc3ccccc3OC3(CCOCC3)C2)n1. The molecule has 4 rings (SSSR count). The molecule has 0 bridgehead atoms. The Labute approximate surface area is 145 Å². The van der Waals surface area contributed by atoms with Crippen LogP contribution in [-0.4, -0.2) is 46.3 Å². The maximum absolute atomic E-state index is 11.0. The van der Waals surface area contributed by atoms with Gasteiger partial charge in [0.25, 0.3) is 0 Å². The maximum atomic E-state index is 11.0. The van der Waals surface area contributed by atoms with Crippen LogP contribution in [0, 0.1) is 0 Å². The van der Waals surface area contributed by atoms with E-state index in [9.17, 15) is 4.79 Å². The number of hydrogen-bond donors (Lipinski definition) is 1. The Morgan fingerprint density at radius 2 is 2.08 bits per heavy atom. The number of hydrogen-bond acceptors (Lipinski definition) is 6. The maximum Gasteiger partial charge on any atom is 0.357 e. The van der Waals surface area contributed by atoms with Crippen LogP contribution in [0.2, 0.25) is 0 Å². The molecule has 1 saturated heterocycles. The molecule has 1 spiro atoms. The van der Waals surface area contributed by atoms with E-state index in [-0.39, 0.29) is 11.3 Å². The van der Waals surface area contributed by atoms with Crippen LogP contribution in [0.15, 0.2) is 34.9 Å². The number of benzene rings is 1. The van der Waals surface area contributed by atoms with Crippen LogP contribution in [0.1, 0.15) is 34.8 Å². The molecular formula is C18H20N2O5. The lowest BCUT2D eigenvalue weighted by Gasteiger charge is -2.38. The average molecular weight is 344 g/mol. The molecule has 7 nitrogen and oxygen atoms in total. The fourth-order valence-corrected chi connectivity index (χ4v) is 3.49. The molecular weight excluding hydrogens is 324 g/mol. The van der Waals surface area contributed by atoms with Crippen molar-refractivity contribution in [1.29, 1.82) is 0 Å². The van der Waals surface area contributed by atoms with Gasteiger partial charge in [-0.1, -0.05) is 18.2 Å². The summed E-state index contributed by atoms with van der Waals surface area (Å²) in [5.41, 5.74) is 0.741. The van der Waals surface area contributed by atoms with E-state index in [0.717, 1.165) is 30.7 Å². The van der Waals surface area contributed by atoms with Gasteiger partial charge in [-0.25, -0.2) is 9.78 Å². The number of rotatable bonds is 3. The molecule has 2 aliphatic rings. The zero-order valence-electron chi connectivity index (χ0n) is 13.8. The molecule has 0 amide bonds. The number of carboxylic acid groups (broad SMARTS) is 1. The average Bonchev–Trinajstić information content (AvgIpc) is 3.00. The summed E-state index contributed by atoms with van der Waals surface area (Å²) in [6.07, 6.45) is 2.83. The summed E-state index contributed by atoms with van der Waals surface area (Å²) in [5, 5.41) is 9.01. The molecule has 1 aromatic carbocycles. The second-order valence-corrected chi connectivity index (χ2v) is 6.58. The van der Waals surface area contributed by atoms with E-state index in [2.05, 4.69) is 16.0 Å². The molecule has 2 aliphatic heterocycles. The van der Waals surface area contributed by atoms with Crippen LogP contribution in [-0.2, 0) is 17.8 Å². The lowest BCUT2D eigenvalue weighted by Crippen LogP contribution is -2.49. The largest absolute Gasteiger partial charge is 0.485 e. The standard InChI is InChI=1S/C18H20N2O5/c21-17(22)14-11-24-16(19-14)10-20-9-13-3-1-2-4-15(13)25-18(12-20)5-7-23-8-6-18/h1-4,11H,5-10,12H2,(H,21,22). The Hall–Kier alpha value is -2.38. The van der Waals surface area contributed by atoms with Crippen molar-refractivity contribution in [1.82, 2.24) is 9.88 Å². The van der Waals surface area contributed by atoms with E-state index in [0.29, 0.717) is 32.2 Å². The molecule has 0 atom stereocenters. The molecule has 2 aromatic rings. The quantitative estimate of drug-likeness (QED) is 0.914. The lowest BCUT2D eigenvalue weighted by atomic mass is 9.93. The summed E-state index contributed by atoms with van der Waals surface area (Å²) >= 11 is 0. The molecule has 0 radical (unpaired) electrons. The number of nitrogens with zero attached hydrogens (tertiary/aromatic N) is 2. The second-order valence-electron chi connectivity index (χ2n) is 6.58. The first kappa shape index (κ1) is 16.1. The van der Waals surface area contributed by atoms with E-state index in [1.54, 1.807) is 0 Å². The first-order valence-electron chi connectivity index (χ1n) is 8.38. The third-order valence-electron chi connectivity index (χ3n) is 4.74. The van der Waals surface area contributed by atoms with E-state index >= 15 is 0 Å². The highest BCUT2D eigenvalue weighted by molar-refractivity contribution is 5.84. The minimum atomic E-state index is -1.08. The molecule has 0 saturated carbocycles. The number of aromatic carboxylic acids is 1. The summed E-state index contributed by atoms with van der Waals surface area (Å²) in [7, 11) is 0. The van der Waals surface area contributed by atoms with Crippen LogP contribution < -0.4 is 4.74 Å². The highest BCUT2D eigenvalue weighted by atomic mass is 16.5. The minimum Gasteiger partial charge on any atom is -0.485 e. The van der Waals surface area contributed by atoms with Gasteiger partial charge in [0.1, 0.15) is 17.6 Å². The molecule has 1 N–H and O–H groups in total. The fraction of sp³-hybridized carbons (Fsp3) is 0.444. The van der Waals surface area contributed by atoms with Gasteiger partial charge in [-0.15, -0.1) is 0 Å². The van der Waals surface area contributed by atoms with Crippen molar-refractivity contribution in [3.8, 4) is 5.75 Å². The summed E-state index contributed by atoms with van der Waals surface area (Å²) in [5.74, 6) is 0.227. The summed E-state index contributed by atoms with van der Waals surface area (Å²) in [4.78, 5) is 17.3. The Morgan fingerprint density at radius 3 is 2.84 bits per heavy atom. The van der Waals surface area contributed by atoms with Crippen molar-refractivity contribution >= 4 is 5.97 Å². The predicted molar refractivity (Wildman–Crippen MR) is 87.4 cm³/mol. The van der Waals surface area contributed by atoms with Crippen LogP contribution in [0.25, 0.3) is 0 Å². The molecule has 0 aliphatic carbocycles. The van der Waals surface area contributed by atoms with Gasteiger partial charge < -0.3 is 19.0 Å². The first-order valence-corrected chi connectivity index (χ1v) is 8.38. The van der Waals surface area contributed by atoms with Crippen molar-refractivity contribution in [3.05, 3.63) is 47.7 Å². The van der Waals surface area contributed by atoms with Crippen molar-refractivity contribution < 1.29 is 23.8 Å². The van der Waals surface area contributed by atoms with Crippen molar-refractivity contribution in [2.24, 2.45) is 0 Å². The summed E-state index contributed by atoms with van der Waals surface area (Å²) < 4.78 is 17.3. The minimum absolute atomic E-state index is 0.0674. The fourth-order valence-electron chi connectivity index (χ4n) is 3.49. The molecule has 1 fully saturated rings. The van der Waals surface area contributed by atoms with Crippen LogP contribution in [0.4, 0.5) is 0 Å². The van der Waals surface area contributed by atoms with Gasteiger partial charge in [-0.05, 0) is 6.07 Å². The van der Waals surface area contributed by atoms with Crippen molar-refractivity contribution in [3.63, 3.8) is 0 Å². The molecule has 3 heterocycles. The molecule has 7 heteroatoms. The topological polar surface area (TPSA) is 85.0 Å². The number of carbonyl (C=O) groups is 1. The smallest absolute Gasteiger partial charge is 0.357 e. The Bertz CT molecular complexity index is 766. The lowest BCUT2D eigenvalue weighted by molar-refractivity contribution is -0.0601. The van der Waals surface area contributed by atoms with Gasteiger partial charge in [-0.3, -0.25) is 4.90 Å². The number of carboxylic acids is 1. The number of oxazole rings is 1. The molecule has 0 unspecified atom stereocenters. The monoisotopic (exact) mass is 344 g/mol. The van der Waals surface area contributed by atoms with E-state index in [4.69, 9.17) is 19.0 Å². The van der Waals surface area contributed by atoms with Crippen molar-refractivity contribution in [2.45, 2.75) is 31.5 Å². The second kappa shape index (κ2) is 6.50. The number of fused-ring (bicyclic) bond motifs is 1. The van der Waals surface area contributed by atoms with Gasteiger partial charge in [0.15, 0.2) is 5.69 Å². The number of aromatic nitrogens is 1. The normalized spacial score (nSPS) is 19.8. The van der Waals surface area contributed by atoms with Crippen LogP contribution in [0.3, 0.4) is 0 Å². The Morgan fingerprint density at radius 1 is 1.28 bits per heavy atom. The zero-order chi connectivity index (χ0) is 17.3. The number of ether oxygens (including phenoxy) is 2. The van der Waals surface area contributed by atoms with Gasteiger partial charge >= 0.3 is 5.97 Å². The van der Waals surface area contributed by atoms with E-state index in [1.807, 2.05) is 18.2 Å². The van der Waals surface area contributed by atoms with Gasteiger partial charge in [-0.2, -0.15) is 0 Å². The highest BCUT2D eigenvalue weighted by Crippen LogP contribution is 2.35. The van der Waals surface area contributed by atoms with E-state index in [1.165, 1.54) is 6.26 Å². The highest BCUT2D eigenvalue weighted by Gasteiger charge is 2.39. The predicted octanol–water partition coefficient (Wildman–Crippen LogP) is 2.32. The summed E-state index contributed by atoms with van der Waals surface area (Å²) in [6, 6.07) is 8.04. The Balaban J connectivity index is 1.60. The molecule has 1 aromatic heterocycles. The van der Waals surface area contributed by atoms with E-state index < -0.39 is 5.97 Å². The van der Waals surface area contributed by atoms with Crippen LogP contribution in [0.5, 0.6) is 5.75 Å². The molecule has 25 heavy (non-hydrogen) atoms. The third kappa shape index (κ3) is 3.38. The van der Waals surface area contributed by atoms with Gasteiger partial charge in [0.05, 0.1) is 19.8 Å². The Kier molecular flexibility index (Phi) is 4.19. The number of para-hydroxylation sites is 1. The first-order chi connectivity index (χ1) is 12.1. The van der Waals surface area contributed by atoms with Crippen molar-refractivity contribution in [2.75, 3.05) is 19.8 Å². The zero-order valence-corrected chi connectivity index (χ0v) is 13.8. The van der Waals surface area contributed by atoms with Gasteiger partial charge in [0.2, 0.25) is 5.89 Å². The van der Waals surface area contributed by atoms with Gasteiger partial charge in [0, 0.05) is 31.5 Å². The summed E-state index contributed by atoms with van der Waals surface area (Å²) in [6.45, 7) is 3.21. The van der Waals surface area contributed by atoms with Crippen LogP contribution >= 0.6 is 0 Å².